The van der Waals surface area contributed by atoms with Crippen molar-refractivity contribution in [1.29, 1.82) is 0 Å². The highest BCUT2D eigenvalue weighted by Crippen LogP contribution is 2.23. The van der Waals surface area contributed by atoms with Gasteiger partial charge in [-0.25, -0.2) is 4.98 Å². The van der Waals surface area contributed by atoms with Gasteiger partial charge in [-0.1, -0.05) is 30.3 Å². The van der Waals surface area contributed by atoms with Gasteiger partial charge in [-0.05, 0) is 18.6 Å². The van der Waals surface area contributed by atoms with Gasteiger partial charge in [-0.2, -0.15) is 5.10 Å². The molecule has 1 aromatic heterocycles. The van der Waals surface area contributed by atoms with E-state index < -0.39 is 0 Å². The molecule has 1 aromatic carbocycles. The van der Waals surface area contributed by atoms with E-state index in [0.29, 0.717) is 12.4 Å². The van der Waals surface area contributed by atoms with Crippen LogP contribution < -0.4 is 10.2 Å². The van der Waals surface area contributed by atoms with E-state index in [9.17, 15) is 0 Å². The van der Waals surface area contributed by atoms with Crippen LogP contribution in [0.5, 0.6) is 5.75 Å². The Hall–Kier alpha value is -2.36. The maximum atomic E-state index is 5.77. The van der Waals surface area contributed by atoms with Gasteiger partial charge in [0.25, 0.3) is 0 Å². The number of hydrazone groups is 1. The predicted molar refractivity (Wildman–Crippen MR) is 72.9 cm³/mol. The van der Waals surface area contributed by atoms with E-state index in [2.05, 4.69) is 22.2 Å². The monoisotopic (exact) mass is 241 g/mol. The summed E-state index contributed by atoms with van der Waals surface area (Å²) >= 11 is 0. The number of aromatic nitrogens is 1. The summed E-state index contributed by atoms with van der Waals surface area (Å²) in [5.41, 5.74) is 4.78. The van der Waals surface area contributed by atoms with Crippen LogP contribution in [0.4, 0.5) is 5.82 Å². The molecule has 0 saturated heterocycles. The third kappa shape index (κ3) is 2.85. The molecule has 0 fully saturated rings. The minimum absolute atomic E-state index is 0.534. The maximum Gasteiger partial charge on any atom is 0.152 e. The third-order valence-corrected chi connectivity index (χ3v) is 2.58. The minimum atomic E-state index is 0.534. The van der Waals surface area contributed by atoms with Crippen molar-refractivity contribution in [3.8, 4) is 5.75 Å². The Morgan fingerprint density at radius 2 is 2.06 bits per heavy atom. The van der Waals surface area contributed by atoms with Crippen LogP contribution in [0, 0.1) is 6.92 Å². The highest BCUT2D eigenvalue weighted by Gasteiger charge is 2.05. The predicted octanol–water partition coefficient (Wildman–Crippen LogP) is 3.00. The van der Waals surface area contributed by atoms with Gasteiger partial charge in [0.05, 0.1) is 0 Å². The van der Waals surface area contributed by atoms with E-state index >= 15 is 0 Å². The van der Waals surface area contributed by atoms with Crippen molar-refractivity contribution in [1.82, 2.24) is 4.98 Å². The topological polar surface area (TPSA) is 46.5 Å². The molecule has 0 spiro atoms. The number of pyridine rings is 1. The first-order valence-electron chi connectivity index (χ1n) is 5.65. The maximum absolute atomic E-state index is 5.77. The van der Waals surface area contributed by atoms with Crippen LogP contribution in [0.1, 0.15) is 11.1 Å². The third-order valence-electron chi connectivity index (χ3n) is 2.58. The Balaban J connectivity index is 2.10. The summed E-state index contributed by atoms with van der Waals surface area (Å²) in [6, 6.07) is 11.9. The number of nitrogens with one attached hydrogen (secondary N) is 1. The molecule has 0 aliphatic rings. The molecule has 0 amide bonds. The molecule has 1 heterocycles. The number of rotatable bonds is 5. The molecule has 1 N–H and O–H groups in total. The highest BCUT2D eigenvalue weighted by atomic mass is 16.5. The van der Waals surface area contributed by atoms with Gasteiger partial charge in [-0.15, -0.1) is 0 Å². The summed E-state index contributed by atoms with van der Waals surface area (Å²) < 4.78 is 5.77. The van der Waals surface area contributed by atoms with Crippen LogP contribution in [0.15, 0.2) is 47.7 Å². The van der Waals surface area contributed by atoms with E-state index in [1.54, 1.807) is 6.20 Å². The zero-order valence-corrected chi connectivity index (χ0v) is 10.3. The number of benzene rings is 1. The van der Waals surface area contributed by atoms with Crippen molar-refractivity contribution in [2.24, 2.45) is 5.10 Å². The molecular formula is C14H15N3O. The molecule has 0 unspecified atom stereocenters. The van der Waals surface area contributed by atoms with Crippen LogP contribution >= 0.6 is 0 Å². The molecule has 92 valence electrons. The molecule has 4 nitrogen and oxygen atoms in total. The molecule has 18 heavy (non-hydrogen) atoms. The molecular weight excluding hydrogens is 226 g/mol. The van der Waals surface area contributed by atoms with Crippen molar-refractivity contribution in [3.63, 3.8) is 0 Å². The summed E-state index contributed by atoms with van der Waals surface area (Å²) in [5.74, 6) is 1.45. The second kappa shape index (κ2) is 5.82. The Labute approximate surface area is 106 Å². The van der Waals surface area contributed by atoms with E-state index in [4.69, 9.17) is 4.74 Å². The van der Waals surface area contributed by atoms with Crippen LogP contribution in [0.3, 0.4) is 0 Å². The SMILES string of the molecule is C=NNc1nccc(OCc2ccccc2)c1C. The van der Waals surface area contributed by atoms with Gasteiger partial charge < -0.3 is 4.74 Å². The van der Waals surface area contributed by atoms with Gasteiger partial charge in [0.2, 0.25) is 0 Å². The summed E-state index contributed by atoms with van der Waals surface area (Å²) in [6.45, 7) is 5.84. The number of hydrogen-bond acceptors (Lipinski definition) is 4. The average molecular weight is 241 g/mol. The second-order valence-electron chi connectivity index (χ2n) is 3.83. The molecule has 0 aliphatic heterocycles. The van der Waals surface area contributed by atoms with Crippen LogP contribution in [0.2, 0.25) is 0 Å². The van der Waals surface area contributed by atoms with Gasteiger partial charge in [0, 0.05) is 18.5 Å². The molecule has 2 rings (SSSR count). The summed E-state index contributed by atoms with van der Waals surface area (Å²) in [4.78, 5) is 4.16. The average Bonchev–Trinajstić information content (AvgIpc) is 2.41. The van der Waals surface area contributed by atoms with E-state index in [1.165, 1.54) is 0 Å². The Morgan fingerprint density at radius 3 is 2.78 bits per heavy atom. The fourth-order valence-electron chi connectivity index (χ4n) is 1.60. The molecule has 0 atom stereocenters. The first kappa shape index (κ1) is 12.1. The molecule has 0 aliphatic carbocycles. The number of anilines is 1. The van der Waals surface area contributed by atoms with Gasteiger partial charge >= 0.3 is 0 Å². The van der Waals surface area contributed by atoms with Crippen molar-refractivity contribution in [2.45, 2.75) is 13.5 Å². The lowest BCUT2D eigenvalue weighted by Crippen LogP contribution is -2.00. The van der Waals surface area contributed by atoms with E-state index in [-0.39, 0.29) is 0 Å². The number of ether oxygens (including phenoxy) is 1. The molecule has 0 saturated carbocycles. The molecule has 0 radical (unpaired) electrons. The van der Waals surface area contributed by atoms with Crippen molar-refractivity contribution in [2.75, 3.05) is 5.43 Å². The lowest BCUT2D eigenvalue weighted by molar-refractivity contribution is 0.304. The smallest absolute Gasteiger partial charge is 0.152 e. The van der Waals surface area contributed by atoms with Crippen LogP contribution in [0.25, 0.3) is 0 Å². The van der Waals surface area contributed by atoms with Gasteiger partial charge in [-0.3, -0.25) is 5.43 Å². The molecule has 0 bridgehead atoms. The lowest BCUT2D eigenvalue weighted by atomic mass is 10.2. The zero-order chi connectivity index (χ0) is 12.8. The standard InChI is InChI=1S/C14H15N3O/c1-11-13(8-9-16-14(11)17-15-2)18-10-12-6-4-3-5-7-12/h3-9H,2,10H2,1H3,(H,16,17). The minimum Gasteiger partial charge on any atom is -0.488 e. The fourth-order valence-corrected chi connectivity index (χ4v) is 1.60. The normalized spacial score (nSPS) is 9.83. The van der Waals surface area contributed by atoms with Crippen LogP contribution in [-0.2, 0) is 6.61 Å². The lowest BCUT2D eigenvalue weighted by Gasteiger charge is -2.11. The highest BCUT2D eigenvalue weighted by molar-refractivity contribution is 5.51. The Bertz CT molecular complexity index is 526. The Kier molecular flexibility index (Phi) is 3.91. The first-order valence-corrected chi connectivity index (χ1v) is 5.65. The summed E-state index contributed by atoms with van der Waals surface area (Å²) in [7, 11) is 0. The Morgan fingerprint density at radius 1 is 1.28 bits per heavy atom. The zero-order valence-electron chi connectivity index (χ0n) is 10.3. The second-order valence-corrected chi connectivity index (χ2v) is 3.83. The summed E-state index contributed by atoms with van der Waals surface area (Å²) in [5, 5.41) is 3.61. The number of hydrogen-bond donors (Lipinski definition) is 1. The largest absolute Gasteiger partial charge is 0.488 e. The van der Waals surface area contributed by atoms with E-state index in [0.717, 1.165) is 16.9 Å². The molecule has 2 aromatic rings. The fraction of sp³-hybridized carbons (Fsp3) is 0.143. The molecule has 4 heteroatoms. The quantitative estimate of drug-likeness (QED) is 0.646. The first-order chi connectivity index (χ1) is 8.81. The van der Waals surface area contributed by atoms with Crippen molar-refractivity contribution in [3.05, 3.63) is 53.7 Å². The van der Waals surface area contributed by atoms with E-state index in [1.807, 2.05) is 43.3 Å². The number of nitrogens with zero attached hydrogens (tertiary/aromatic N) is 2. The van der Waals surface area contributed by atoms with Crippen molar-refractivity contribution < 1.29 is 4.74 Å². The van der Waals surface area contributed by atoms with Gasteiger partial charge in [0.1, 0.15) is 12.4 Å². The van der Waals surface area contributed by atoms with Gasteiger partial charge in [0.15, 0.2) is 5.82 Å². The van der Waals surface area contributed by atoms with Crippen molar-refractivity contribution >= 4 is 12.5 Å². The van der Waals surface area contributed by atoms with Crippen LogP contribution in [-0.4, -0.2) is 11.7 Å². The summed E-state index contributed by atoms with van der Waals surface area (Å²) in [6.07, 6.45) is 1.68.